The maximum Gasteiger partial charge on any atom is 0.315 e. The number of amides is 4. The first-order valence-corrected chi connectivity index (χ1v) is 14.0. The second kappa shape index (κ2) is 14.4. The Balaban J connectivity index is 1.02. The van der Waals surface area contributed by atoms with Crippen LogP contribution in [0.2, 0.25) is 0 Å². The number of pyridine rings is 1. The number of rotatable bonds is 14. The van der Waals surface area contributed by atoms with E-state index in [0.29, 0.717) is 43.7 Å². The van der Waals surface area contributed by atoms with Gasteiger partial charge in [0.25, 0.3) is 0 Å². The summed E-state index contributed by atoms with van der Waals surface area (Å²) in [5.41, 5.74) is 10.6. The normalized spacial score (nSPS) is 19.8. The topological polar surface area (TPSA) is 170 Å². The SMILES string of the molecule is [N-]=[N+]=Nc1ccc2ncc(/C=C/C(=O)NCCOCCNC(=O)CCCC[C@@H]3SC[C@@H]4NC(=O)N[C@@H]43)cc2c1. The zero-order chi connectivity index (χ0) is 27.5. The van der Waals surface area contributed by atoms with E-state index < -0.39 is 0 Å². The Hall–Kier alpha value is -3.80. The Bertz CT molecular complexity index is 1270. The van der Waals surface area contributed by atoms with Crippen molar-refractivity contribution in [1.29, 1.82) is 0 Å². The summed E-state index contributed by atoms with van der Waals surface area (Å²) in [5.74, 6) is 0.691. The van der Waals surface area contributed by atoms with Crippen LogP contribution in [-0.2, 0) is 14.3 Å². The van der Waals surface area contributed by atoms with Crippen LogP contribution in [0.25, 0.3) is 27.4 Å². The fourth-order valence-corrected chi connectivity index (χ4v) is 6.09. The monoisotopic (exact) mass is 552 g/mol. The number of fused-ring (bicyclic) bond motifs is 2. The Labute approximate surface area is 230 Å². The molecule has 206 valence electrons. The molecule has 2 fully saturated rings. The van der Waals surface area contributed by atoms with Crippen LogP contribution in [0.15, 0.2) is 41.7 Å². The summed E-state index contributed by atoms with van der Waals surface area (Å²) < 4.78 is 5.48. The first kappa shape index (κ1) is 28.2. The third-order valence-electron chi connectivity index (χ3n) is 6.47. The molecule has 1 aromatic heterocycles. The maximum absolute atomic E-state index is 12.1. The molecule has 1 aromatic carbocycles. The fraction of sp³-hybridized carbons (Fsp3) is 0.462. The number of unbranched alkanes of at least 4 members (excludes halogenated alkanes) is 1. The number of carbonyl (C=O) groups is 3. The van der Waals surface area contributed by atoms with Gasteiger partial charge in [0, 0.05) is 58.8 Å². The minimum Gasteiger partial charge on any atom is -0.378 e. The average Bonchev–Trinajstić information content (AvgIpc) is 3.48. The van der Waals surface area contributed by atoms with Crippen molar-refractivity contribution in [2.45, 2.75) is 43.0 Å². The third kappa shape index (κ3) is 8.60. The molecule has 12 nitrogen and oxygen atoms in total. The minimum absolute atomic E-state index is 0.00187. The Kier molecular flexibility index (Phi) is 10.4. The van der Waals surface area contributed by atoms with Gasteiger partial charge in [-0.3, -0.25) is 14.6 Å². The number of aromatic nitrogens is 1. The molecule has 39 heavy (non-hydrogen) atoms. The van der Waals surface area contributed by atoms with E-state index in [2.05, 4.69) is 36.3 Å². The van der Waals surface area contributed by atoms with Gasteiger partial charge in [-0.15, -0.1) is 0 Å². The van der Waals surface area contributed by atoms with Crippen molar-refractivity contribution >= 4 is 52.3 Å². The molecule has 3 atom stereocenters. The average molecular weight is 553 g/mol. The highest BCUT2D eigenvalue weighted by molar-refractivity contribution is 8.00. The van der Waals surface area contributed by atoms with Gasteiger partial charge in [0.1, 0.15) is 0 Å². The molecule has 0 spiro atoms. The number of hydrogen-bond donors (Lipinski definition) is 4. The van der Waals surface area contributed by atoms with Crippen molar-refractivity contribution in [2.24, 2.45) is 5.11 Å². The van der Waals surface area contributed by atoms with Gasteiger partial charge in [0.15, 0.2) is 0 Å². The van der Waals surface area contributed by atoms with Crippen LogP contribution in [0.3, 0.4) is 0 Å². The molecular formula is C26H32N8O4S. The molecule has 13 heteroatoms. The van der Waals surface area contributed by atoms with Crippen molar-refractivity contribution in [2.75, 3.05) is 32.1 Å². The summed E-state index contributed by atoms with van der Waals surface area (Å²) >= 11 is 1.89. The maximum atomic E-state index is 12.1. The van der Waals surface area contributed by atoms with Gasteiger partial charge in [0.2, 0.25) is 11.8 Å². The van der Waals surface area contributed by atoms with Gasteiger partial charge < -0.3 is 26.0 Å². The number of thioether (sulfide) groups is 1. The minimum atomic E-state index is -0.257. The summed E-state index contributed by atoms with van der Waals surface area (Å²) in [6.07, 6.45) is 7.97. The van der Waals surface area contributed by atoms with Gasteiger partial charge in [-0.25, -0.2) is 4.79 Å². The van der Waals surface area contributed by atoms with Crippen LogP contribution in [-0.4, -0.2) is 72.2 Å². The molecule has 4 N–H and O–H groups in total. The molecule has 2 aliphatic rings. The molecule has 0 bridgehead atoms. The second-order valence-electron chi connectivity index (χ2n) is 9.29. The Morgan fingerprint density at radius 2 is 2.05 bits per heavy atom. The van der Waals surface area contributed by atoms with E-state index in [4.69, 9.17) is 10.3 Å². The van der Waals surface area contributed by atoms with Crippen molar-refractivity contribution in [3.05, 3.63) is 52.5 Å². The van der Waals surface area contributed by atoms with E-state index >= 15 is 0 Å². The highest BCUT2D eigenvalue weighted by atomic mass is 32.2. The lowest BCUT2D eigenvalue weighted by atomic mass is 10.0. The lowest BCUT2D eigenvalue weighted by molar-refractivity contribution is -0.121. The van der Waals surface area contributed by atoms with Crippen molar-refractivity contribution in [3.63, 3.8) is 0 Å². The predicted molar refractivity (Wildman–Crippen MR) is 150 cm³/mol. The van der Waals surface area contributed by atoms with Crippen LogP contribution in [0.4, 0.5) is 10.5 Å². The molecule has 2 aliphatic heterocycles. The molecule has 3 heterocycles. The number of azide groups is 1. The molecular weight excluding hydrogens is 520 g/mol. The molecule has 0 unspecified atom stereocenters. The van der Waals surface area contributed by atoms with Gasteiger partial charge in [-0.05, 0) is 48.2 Å². The van der Waals surface area contributed by atoms with Gasteiger partial charge in [-0.1, -0.05) is 17.6 Å². The molecule has 0 aliphatic carbocycles. The standard InChI is InChI=1S/C26H32N8O4S/c27-34-33-19-6-7-20-18(14-19)13-17(15-30-20)5-8-24(36)29-10-12-38-11-9-28-23(35)4-2-1-3-22-25-21(16-39-22)31-26(37)32-25/h5-8,13-15,21-22,25H,1-4,9-12,16H2,(H,28,35)(H,29,36)(H2,31,32,37)/b8-5+/t21-,22-,25-/m0/s1. The van der Waals surface area contributed by atoms with Gasteiger partial charge >= 0.3 is 6.03 Å². The number of carbonyl (C=O) groups excluding carboxylic acids is 3. The van der Waals surface area contributed by atoms with Crippen LogP contribution < -0.4 is 21.3 Å². The smallest absolute Gasteiger partial charge is 0.315 e. The first-order valence-electron chi connectivity index (χ1n) is 13.0. The molecule has 4 rings (SSSR count). The zero-order valence-corrected chi connectivity index (χ0v) is 22.3. The Morgan fingerprint density at radius 3 is 2.90 bits per heavy atom. The summed E-state index contributed by atoms with van der Waals surface area (Å²) in [6.45, 7) is 1.47. The molecule has 2 saturated heterocycles. The number of nitrogens with zero attached hydrogens (tertiary/aromatic N) is 4. The first-order chi connectivity index (χ1) is 19.0. The summed E-state index contributed by atoms with van der Waals surface area (Å²) in [6, 6.07) is 7.42. The van der Waals surface area contributed by atoms with Crippen molar-refractivity contribution in [3.8, 4) is 0 Å². The van der Waals surface area contributed by atoms with E-state index in [1.54, 1.807) is 30.5 Å². The highest BCUT2D eigenvalue weighted by Crippen LogP contribution is 2.33. The number of benzene rings is 1. The zero-order valence-electron chi connectivity index (χ0n) is 21.5. The van der Waals surface area contributed by atoms with Crippen LogP contribution in [0.1, 0.15) is 31.2 Å². The van der Waals surface area contributed by atoms with E-state index in [-0.39, 0.29) is 29.9 Å². The van der Waals surface area contributed by atoms with E-state index in [9.17, 15) is 14.4 Å². The predicted octanol–water partition coefficient (Wildman–Crippen LogP) is 3.16. The van der Waals surface area contributed by atoms with Crippen LogP contribution in [0.5, 0.6) is 0 Å². The van der Waals surface area contributed by atoms with Crippen molar-refractivity contribution in [1.82, 2.24) is 26.3 Å². The Morgan fingerprint density at radius 1 is 1.21 bits per heavy atom. The molecule has 0 saturated carbocycles. The van der Waals surface area contributed by atoms with Gasteiger partial charge in [-0.2, -0.15) is 11.8 Å². The number of urea groups is 1. The van der Waals surface area contributed by atoms with E-state index in [1.165, 1.54) is 6.08 Å². The highest BCUT2D eigenvalue weighted by Gasteiger charge is 2.42. The summed E-state index contributed by atoms with van der Waals surface area (Å²) in [4.78, 5) is 42.7. The number of hydrogen-bond acceptors (Lipinski definition) is 7. The fourth-order valence-electron chi connectivity index (χ4n) is 4.55. The van der Waals surface area contributed by atoms with Gasteiger partial charge in [0.05, 0.1) is 30.8 Å². The van der Waals surface area contributed by atoms with E-state index in [0.717, 1.165) is 41.5 Å². The largest absolute Gasteiger partial charge is 0.378 e. The van der Waals surface area contributed by atoms with E-state index in [1.807, 2.05) is 17.8 Å². The molecule has 2 aromatic rings. The lowest BCUT2D eigenvalue weighted by Crippen LogP contribution is -2.36. The second-order valence-corrected chi connectivity index (χ2v) is 10.6. The molecule has 0 radical (unpaired) electrons. The number of ether oxygens (including phenoxy) is 1. The third-order valence-corrected chi connectivity index (χ3v) is 7.98. The summed E-state index contributed by atoms with van der Waals surface area (Å²) in [5, 5.41) is 16.3. The van der Waals surface area contributed by atoms with Crippen LogP contribution >= 0.6 is 11.8 Å². The number of nitrogens with one attached hydrogen (secondary N) is 4. The quantitative estimate of drug-likeness (QED) is 0.0700. The lowest BCUT2D eigenvalue weighted by Gasteiger charge is -2.16. The summed E-state index contributed by atoms with van der Waals surface area (Å²) in [7, 11) is 0. The molecule has 4 amide bonds. The van der Waals surface area contributed by atoms with Crippen LogP contribution in [0, 0.1) is 0 Å². The van der Waals surface area contributed by atoms with Crippen molar-refractivity contribution < 1.29 is 19.1 Å².